The van der Waals surface area contributed by atoms with Gasteiger partial charge in [-0.2, -0.15) is 4.37 Å². The van der Waals surface area contributed by atoms with Crippen LogP contribution in [0.1, 0.15) is 32.0 Å². The molecule has 0 unspecified atom stereocenters. The number of carboxylic acid groups (broad SMARTS) is 1. The normalized spacial score (nSPS) is 10.3. The Morgan fingerprint density at radius 1 is 1.35 bits per heavy atom. The van der Waals surface area contributed by atoms with Crippen molar-refractivity contribution in [3.05, 3.63) is 40.6 Å². The van der Waals surface area contributed by atoms with E-state index in [1.54, 1.807) is 32.0 Å². The fourth-order valence-corrected chi connectivity index (χ4v) is 2.56. The number of nitrogens with two attached hydrogens (primary N) is 1. The van der Waals surface area contributed by atoms with Crippen molar-refractivity contribution in [1.29, 1.82) is 0 Å². The van der Waals surface area contributed by atoms with Crippen molar-refractivity contribution in [2.75, 3.05) is 11.1 Å². The highest BCUT2D eigenvalue weighted by atomic mass is 32.1. The third-order valence-electron chi connectivity index (χ3n) is 2.92. The molecule has 1 heterocycles. The van der Waals surface area contributed by atoms with Crippen LogP contribution in [0, 0.1) is 13.8 Å². The first-order valence-corrected chi connectivity index (χ1v) is 6.55. The largest absolute Gasteiger partial charge is 0.478 e. The molecule has 1 aromatic heterocycles. The Morgan fingerprint density at radius 3 is 2.70 bits per heavy atom. The first-order chi connectivity index (χ1) is 9.41. The highest BCUT2D eigenvalue weighted by Gasteiger charge is 2.20. The van der Waals surface area contributed by atoms with Crippen LogP contribution in [-0.4, -0.2) is 21.4 Å². The number of nitrogens with one attached hydrogen (secondary N) is 1. The molecule has 1 amide bonds. The van der Waals surface area contributed by atoms with E-state index >= 15 is 0 Å². The van der Waals surface area contributed by atoms with Gasteiger partial charge in [0.1, 0.15) is 10.6 Å². The van der Waals surface area contributed by atoms with Gasteiger partial charge in [0.15, 0.2) is 0 Å². The van der Waals surface area contributed by atoms with Crippen molar-refractivity contribution >= 4 is 34.1 Å². The van der Waals surface area contributed by atoms with Gasteiger partial charge in [0.2, 0.25) is 0 Å². The molecular formula is C13H13N3O3S. The lowest BCUT2D eigenvalue weighted by atomic mass is 10.1. The average Bonchev–Trinajstić information content (AvgIpc) is 2.73. The molecule has 0 atom stereocenters. The molecule has 0 aliphatic heterocycles. The number of carbonyl (C=O) groups is 2. The number of aromatic nitrogens is 1. The monoisotopic (exact) mass is 291 g/mol. The number of aromatic carboxylic acids is 1. The van der Waals surface area contributed by atoms with E-state index in [1.807, 2.05) is 0 Å². The van der Waals surface area contributed by atoms with E-state index in [0.717, 1.165) is 11.5 Å². The molecule has 0 spiro atoms. The van der Waals surface area contributed by atoms with Crippen LogP contribution in [0.3, 0.4) is 0 Å². The van der Waals surface area contributed by atoms with Crippen LogP contribution in [0.25, 0.3) is 0 Å². The van der Waals surface area contributed by atoms with E-state index in [1.165, 1.54) is 0 Å². The van der Waals surface area contributed by atoms with E-state index in [2.05, 4.69) is 9.69 Å². The summed E-state index contributed by atoms with van der Waals surface area (Å²) < 4.78 is 3.95. The number of benzene rings is 1. The fraction of sp³-hybridized carbons (Fsp3) is 0.154. The summed E-state index contributed by atoms with van der Waals surface area (Å²) in [5, 5.41) is 11.9. The van der Waals surface area contributed by atoms with Crippen molar-refractivity contribution in [3.63, 3.8) is 0 Å². The van der Waals surface area contributed by atoms with Gasteiger partial charge < -0.3 is 16.2 Å². The summed E-state index contributed by atoms with van der Waals surface area (Å²) in [6.07, 6.45) is 0. The summed E-state index contributed by atoms with van der Waals surface area (Å²) >= 11 is 0.944. The fourth-order valence-electron chi connectivity index (χ4n) is 1.78. The molecule has 0 aliphatic rings. The maximum atomic E-state index is 12.2. The number of anilines is 2. The Kier molecular flexibility index (Phi) is 3.71. The number of carboxylic acids is 1. The van der Waals surface area contributed by atoms with Crippen molar-refractivity contribution in [2.45, 2.75) is 13.8 Å². The van der Waals surface area contributed by atoms with Gasteiger partial charge in [-0.3, -0.25) is 4.79 Å². The molecule has 2 aromatic rings. The highest BCUT2D eigenvalue weighted by Crippen LogP contribution is 2.26. The highest BCUT2D eigenvalue weighted by molar-refractivity contribution is 7.11. The van der Waals surface area contributed by atoms with Gasteiger partial charge in [-0.05, 0) is 43.1 Å². The molecule has 6 nitrogen and oxygen atoms in total. The predicted octanol–water partition coefficient (Wildman–Crippen LogP) is 2.29. The minimum Gasteiger partial charge on any atom is -0.478 e. The summed E-state index contributed by atoms with van der Waals surface area (Å²) in [5.74, 6) is -1.52. The Hall–Kier alpha value is -2.41. The number of amides is 1. The molecule has 1 aromatic carbocycles. The van der Waals surface area contributed by atoms with Crippen LogP contribution in [0.2, 0.25) is 0 Å². The van der Waals surface area contributed by atoms with Gasteiger partial charge in [-0.1, -0.05) is 6.07 Å². The number of rotatable bonds is 3. The lowest BCUT2D eigenvalue weighted by molar-refractivity contribution is 0.0697. The quantitative estimate of drug-likeness (QED) is 0.752. The number of carbonyl (C=O) groups excluding carboxylic acids is 1. The number of nitrogen functional groups attached to an aromatic ring is 1. The van der Waals surface area contributed by atoms with E-state index < -0.39 is 11.9 Å². The lowest BCUT2D eigenvalue weighted by Crippen LogP contribution is -2.15. The van der Waals surface area contributed by atoms with E-state index in [9.17, 15) is 9.59 Å². The van der Waals surface area contributed by atoms with Gasteiger partial charge in [0, 0.05) is 11.3 Å². The third kappa shape index (κ3) is 2.48. The van der Waals surface area contributed by atoms with Crippen LogP contribution in [-0.2, 0) is 0 Å². The number of hydrogen-bond acceptors (Lipinski definition) is 5. The first kappa shape index (κ1) is 14.0. The standard InChI is InChI=1S/C13H13N3O3S/c1-6-8(4-3-5-9(6)14)11(17)15-12-10(13(18)19)7(2)16-20-12/h3-5H,14H2,1-2H3,(H,15,17)(H,18,19). The maximum Gasteiger partial charge on any atom is 0.340 e. The van der Waals surface area contributed by atoms with E-state index in [4.69, 9.17) is 10.8 Å². The van der Waals surface area contributed by atoms with Crippen molar-refractivity contribution in [1.82, 2.24) is 4.37 Å². The van der Waals surface area contributed by atoms with Gasteiger partial charge in [0.05, 0.1) is 5.69 Å². The van der Waals surface area contributed by atoms with Gasteiger partial charge in [-0.15, -0.1) is 0 Å². The molecule has 0 bridgehead atoms. The third-order valence-corrected chi connectivity index (χ3v) is 3.78. The van der Waals surface area contributed by atoms with E-state index in [-0.39, 0.29) is 10.6 Å². The summed E-state index contributed by atoms with van der Waals surface area (Å²) in [7, 11) is 0. The number of nitrogens with zero attached hydrogens (tertiary/aromatic N) is 1. The summed E-state index contributed by atoms with van der Waals surface area (Å²) in [6.45, 7) is 3.32. The Morgan fingerprint density at radius 2 is 2.05 bits per heavy atom. The SMILES string of the molecule is Cc1nsc(NC(=O)c2cccc(N)c2C)c1C(=O)O. The minimum atomic E-state index is -1.11. The molecule has 0 saturated carbocycles. The molecule has 104 valence electrons. The number of hydrogen-bond donors (Lipinski definition) is 3. The number of aryl methyl sites for hydroxylation is 1. The van der Waals surface area contributed by atoms with Gasteiger partial charge in [-0.25, -0.2) is 4.79 Å². The summed E-state index contributed by atoms with van der Waals surface area (Å²) in [6, 6.07) is 5.01. The molecule has 0 aliphatic carbocycles. The molecule has 0 radical (unpaired) electrons. The molecule has 4 N–H and O–H groups in total. The van der Waals surface area contributed by atoms with Crippen LogP contribution >= 0.6 is 11.5 Å². The van der Waals surface area contributed by atoms with Gasteiger partial charge in [0.25, 0.3) is 5.91 Å². The zero-order chi connectivity index (χ0) is 14.9. The molecule has 7 heteroatoms. The molecule has 0 fully saturated rings. The first-order valence-electron chi connectivity index (χ1n) is 5.77. The van der Waals surface area contributed by atoms with E-state index in [0.29, 0.717) is 22.5 Å². The Labute approximate surface area is 119 Å². The van der Waals surface area contributed by atoms with Gasteiger partial charge >= 0.3 is 5.97 Å². The van der Waals surface area contributed by atoms with Crippen LogP contribution in [0.15, 0.2) is 18.2 Å². The van der Waals surface area contributed by atoms with Crippen LogP contribution < -0.4 is 11.1 Å². The molecule has 2 rings (SSSR count). The van der Waals surface area contributed by atoms with Crippen molar-refractivity contribution in [2.24, 2.45) is 0 Å². The van der Waals surface area contributed by atoms with Crippen molar-refractivity contribution in [3.8, 4) is 0 Å². The maximum absolute atomic E-state index is 12.2. The smallest absolute Gasteiger partial charge is 0.340 e. The predicted molar refractivity (Wildman–Crippen MR) is 77.4 cm³/mol. The topological polar surface area (TPSA) is 105 Å². The molecule has 0 saturated heterocycles. The molecule has 20 heavy (non-hydrogen) atoms. The minimum absolute atomic E-state index is 0.0184. The second-order valence-corrected chi connectivity index (χ2v) is 5.02. The Bertz CT molecular complexity index is 694. The zero-order valence-electron chi connectivity index (χ0n) is 10.9. The summed E-state index contributed by atoms with van der Waals surface area (Å²) in [5.41, 5.74) is 7.72. The van der Waals surface area contributed by atoms with Crippen LogP contribution in [0.5, 0.6) is 0 Å². The second-order valence-electron chi connectivity index (χ2n) is 4.25. The second kappa shape index (κ2) is 5.30. The zero-order valence-corrected chi connectivity index (χ0v) is 11.7. The van der Waals surface area contributed by atoms with Crippen LogP contribution in [0.4, 0.5) is 10.7 Å². The average molecular weight is 291 g/mol. The molecular weight excluding hydrogens is 278 g/mol. The Balaban J connectivity index is 2.33. The van der Waals surface area contributed by atoms with Crippen molar-refractivity contribution < 1.29 is 14.7 Å². The lowest BCUT2D eigenvalue weighted by Gasteiger charge is -2.08. The summed E-state index contributed by atoms with van der Waals surface area (Å²) in [4.78, 5) is 23.3.